The lowest BCUT2D eigenvalue weighted by molar-refractivity contribution is -0.137. The second-order valence-corrected chi connectivity index (χ2v) is 9.39. The first kappa shape index (κ1) is 24.5. The maximum Gasteiger partial charge on any atom is 0.332 e. The van der Waals surface area contributed by atoms with Gasteiger partial charge in [0.15, 0.2) is 0 Å². The fraction of sp³-hybridized carbons (Fsp3) is 0.192. The molecule has 11 heteroatoms. The smallest absolute Gasteiger partial charge is 0.307 e. The molecule has 186 valence electrons. The number of benzene rings is 2. The summed E-state index contributed by atoms with van der Waals surface area (Å²) in [5, 5.41) is 0.217. The zero-order chi connectivity index (χ0) is 26.3. The first-order valence-electron chi connectivity index (χ1n) is 11.3. The van der Waals surface area contributed by atoms with Crippen LogP contribution in [0.1, 0.15) is 24.5 Å². The number of imide groups is 1. The van der Waals surface area contributed by atoms with E-state index in [4.69, 9.17) is 0 Å². The van der Waals surface area contributed by atoms with Gasteiger partial charge in [-0.15, -0.1) is 9.24 Å². The Morgan fingerprint density at radius 3 is 2.51 bits per heavy atom. The summed E-state index contributed by atoms with van der Waals surface area (Å²) >= 11 is 0. The van der Waals surface area contributed by atoms with Gasteiger partial charge in [-0.1, -0.05) is 24.0 Å². The predicted molar refractivity (Wildman–Crippen MR) is 135 cm³/mol. The van der Waals surface area contributed by atoms with Crippen LogP contribution in [-0.4, -0.2) is 51.3 Å². The van der Waals surface area contributed by atoms with Gasteiger partial charge >= 0.3 is 6.03 Å². The number of amides is 4. The van der Waals surface area contributed by atoms with Gasteiger partial charge in [0.25, 0.3) is 5.91 Å². The van der Waals surface area contributed by atoms with Gasteiger partial charge in [0.2, 0.25) is 5.91 Å². The number of carbonyl (C=O) groups excluding carboxylic acids is 3. The molecule has 2 fully saturated rings. The minimum absolute atomic E-state index is 0.120. The molecule has 0 N–H and O–H groups in total. The fourth-order valence-electron chi connectivity index (χ4n) is 4.55. The minimum Gasteiger partial charge on any atom is -0.307 e. The van der Waals surface area contributed by atoms with E-state index >= 15 is 4.39 Å². The van der Waals surface area contributed by atoms with Gasteiger partial charge in [0.1, 0.15) is 29.3 Å². The third kappa shape index (κ3) is 4.21. The SMILES string of the molecule is CC12CC(=O)N(c3c(F)cc(C#Cc4ccccc4F)cc3P)C(=O)N1CCN(c1ccncn1)C2=O. The quantitative estimate of drug-likeness (QED) is 0.384. The predicted octanol–water partition coefficient (Wildman–Crippen LogP) is 2.62. The van der Waals surface area contributed by atoms with E-state index in [1.54, 1.807) is 12.1 Å². The molecule has 2 aliphatic rings. The van der Waals surface area contributed by atoms with Crippen LogP contribution in [0, 0.1) is 23.5 Å². The molecule has 4 amide bonds. The Morgan fingerprint density at radius 2 is 1.81 bits per heavy atom. The molecule has 2 saturated heterocycles. The van der Waals surface area contributed by atoms with Gasteiger partial charge in [0.05, 0.1) is 17.7 Å². The topological polar surface area (TPSA) is 86.7 Å². The van der Waals surface area contributed by atoms with E-state index < -0.39 is 35.0 Å². The maximum atomic E-state index is 15.3. The highest BCUT2D eigenvalue weighted by Crippen LogP contribution is 2.36. The molecule has 37 heavy (non-hydrogen) atoms. The normalized spacial score (nSPS) is 19.5. The number of anilines is 2. The number of piperazine rings is 1. The number of hydrogen-bond acceptors (Lipinski definition) is 5. The van der Waals surface area contributed by atoms with Crippen LogP contribution in [0.2, 0.25) is 0 Å². The molecule has 2 atom stereocenters. The van der Waals surface area contributed by atoms with Crippen molar-refractivity contribution in [3.63, 3.8) is 0 Å². The van der Waals surface area contributed by atoms with Gasteiger partial charge < -0.3 is 4.90 Å². The molecule has 5 rings (SSSR count). The summed E-state index contributed by atoms with van der Waals surface area (Å²) in [6, 6.07) is 9.31. The van der Waals surface area contributed by atoms with Crippen molar-refractivity contribution in [2.75, 3.05) is 22.9 Å². The number of nitrogens with zero attached hydrogens (tertiary/aromatic N) is 5. The highest BCUT2D eigenvalue weighted by molar-refractivity contribution is 7.28. The van der Waals surface area contributed by atoms with E-state index in [2.05, 4.69) is 31.0 Å². The average Bonchev–Trinajstić information content (AvgIpc) is 2.87. The third-order valence-electron chi connectivity index (χ3n) is 6.39. The van der Waals surface area contributed by atoms with Crippen molar-refractivity contribution in [1.82, 2.24) is 14.9 Å². The molecular weight excluding hydrogens is 499 g/mol. The number of urea groups is 1. The number of halogens is 2. The molecule has 2 unspecified atom stereocenters. The number of aromatic nitrogens is 2. The molecule has 2 aliphatic heterocycles. The molecule has 0 aliphatic carbocycles. The van der Waals surface area contributed by atoms with Crippen LogP contribution in [-0.2, 0) is 9.59 Å². The first-order chi connectivity index (χ1) is 17.7. The lowest BCUT2D eigenvalue weighted by Crippen LogP contribution is -2.73. The van der Waals surface area contributed by atoms with Gasteiger partial charge in [0, 0.05) is 24.8 Å². The number of hydrogen-bond donors (Lipinski definition) is 0. The molecule has 3 heterocycles. The van der Waals surface area contributed by atoms with Crippen molar-refractivity contribution in [2.45, 2.75) is 18.9 Å². The summed E-state index contributed by atoms with van der Waals surface area (Å²) in [6.07, 6.45) is 2.47. The Bertz CT molecular complexity index is 1480. The van der Waals surface area contributed by atoms with Crippen LogP contribution in [0.15, 0.2) is 55.0 Å². The standard InChI is InChI=1S/C26H20F2N5O3P/c1-26-14-22(34)33(25(36)32(26)11-10-31(24(26)35)21-8-9-29-15-30-21)23-19(28)12-16(13-20(23)37)6-7-17-4-2-3-5-18(17)27/h2-5,8-9,12-13,15H,10-11,14,37H2,1H3. The molecule has 0 spiro atoms. The Labute approximate surface area is 213 Å². The largest absolute Gasteiger partial charge is 0.332 e. The minimum atomic E-state index is -1.45. The molecular formula is C26H20F2N5O3P. The first-order valence-corrected chi connectivity index (χ1v) is 11.9. The van der Waals surface area contributed by atoms with Crippen molar-refractivity contribution in [3.8, 4) is 11.8 Å². The average molecular weight is 519 g/mol. The Hall–Kier alpha value is -4.22. The van der Waals surface area contributed by atoms with Gasteiger partial charge in [-0.3, -0.25) is 14.5 Å². The van der Waals surface area contributed by atoms with E-state index in [-0.39, 0.29) is 41.6 Å². The number of rotatable bonds is 2. The van der Waals surface area contributed by atoms with E-state index in [1.807, 2.05) is 0 Å². The summed E-state index contributed by atoms with van der Waals surface area (Å²) in [6.45, 7) is 1.80. The van der Waals surface area contributed by atoms with Crippen LogP contribution >= 0.6 is 9.24 Å². The molecule has 0 bridgehead atoms. The third-order valence-corrected chi connectivity index (χ3v) is 6.83. The van der Waals surface area contributed by atoms with Crippen LogP contribution in [0.3, 0.4) is 0 Å². The highest BCUT2D eigenvalue weighted by Gasteiger charge is 2.56. The number of carbonyl (C=O) groups is 3. The summed E-state index contributed by atoms with van der Waals surface area (Å²) in [4.78, 5) is 51.5. The lowest BCUT2D eigenvalue weighted by atomic mass is 9.88. The molecule has 0 saturated carbocycles. The van der Waals surface area contributed by atoms with Gasteiger partial charge in [-0.05, 0) is 42.6 Å². The van der Waals surface area contributed by atoms with Crippen molar-refractivity contribution >= 4 is 43.9 Å². The molecule has 0 radical (unpaired) electrons. The summed E-state index contributed by atoms with van der Waals surface area (Å²) < 4.78 is 29.2. The van der Waals surface area contributed by atoms with Crippen LogP contribution in [0.5, 0.6) is 0 Å². The lowest BCUT2D eigenvalue weighted by Gasteiger charge is -2.51. The van der Waals surface area contributed by atoms with Gasteiger partial charge in [-0.2, -0.15) is 0 Å². The molecule has 2 aromatic carbocycles. The van der Waals surface area contributed by atoms with Crippen LogP contribution < -0.4 is 15.1 Å². The summed E-state index contributed by atoms with van der Waals surface area (Å²) in [5.74, 6) is 3.22. The van der Waals surface area contributed by atoms with Crippen molar-refractivity contribution in [2.24, 2.45) is 0 Å². The van der Waals surface area contributed by atoms with Crippen LogP contribution in [0.25, 0.3) is 0 Å². The molecule has 8 nitrogen and oxygen atoms in total. The summed E-state index contributed by atoms with van der Waals surface area (Å²) in [5.41, 5.74) is -1.28. The van der Waals surface area contributed by atoms with Crippen molar-refractivity contribution < 1.29 is 23.2 Å². The van der Waals surface area contributed by atoms with Crippen LogP contribution in [0.4, 0.5) is 25.1 Å². The highest BCUT2D eigenvalue weighted by atomic mass is 31.0. The van der Waals surface area contributed by atoms with E-state index in [9.17, 15) is 18.8 Å². The van der Waals surface area contributed by atoms with Crippen molar-refractivity contribution in [1.29, 1.82) is 0 Å². The zero-order valence-electron chi connectivity index (χ0n) is 19.6. The second-order valence-electron chi connectivity index (χ2n) is 8.76. The van der Waals surface area contributed by atoms with E-state index in [1.165, 1.54) is 53.5 Å². The van der Waals surface area contributed by atoms with E-state index in [0.29, 0.717) is 5.82 Å². The van der Waals surface area contributed by atoms with Gasteiger partial charge in [-0.25, -0.2) is 28.4 Å². The van der Waals surface area contributed by atoms with Crippen molar-refractivity contribution in [3.05, 3.63) is 77.8 Å². The molecule has 1 aromatic heterocycles. The second kappa shape index (κ2) is 9.34. The molecule has 3 aromatic rings. The number of fused-ring (bicyclic) bond motifs is 1. The Balaban J connectivity index is 1.45. The monoisotopic (exact) mass is 519 g/mol. The maximum absolute atomic E-state index is 15.3. The fourth-order valence-corrected chi connectivity index (χ4v) is 4.99. The Morgan fingerprint density at radius 1 is 1.03 bits per heavy atom. The summed E-state index contributed by atoms with van der Waals surface area (Å²) in [7, 11) is 2.31. The van der Waals surface area contributed by atoms with E-state index in [0.717, 1.165) is 11.0 Å². The zero-order valence-corrected chi connectivity index (χ0v) is 20.8. The Kier molecular flexibility index (Phi) is 6.18.